The Morgan fingerprint density at radius 3 is 2.39 bits per heavy atom. The van der Waals surface area contributed by atoms with E-state index in [1.54, 1.807) is 12.1 Å². The van der Waals surface area contributed by atoms with Crippen LogP contribution < -0.4 is 0 Å². The van der Waals surface area contributed by atoms with E-state index in [9.17, 15) is 13.5 Å². The Labute approximate surface area is 109 Å². The van der Waals surface area contributed by atoms with Crippen LogP contribution in [0.15, 0.2) is 29.2 Å². The molecule has 0 aliphatic heterocycles. The Bertz CT molecular complexity index is 450. The van der Waals surface area contributed by atoms with Crippen molar-refractivity contribution in [3.05, 3.63) is 29.8 Å². The van der Waals surface area contributed by atoms with Crippen molar-refractivity contribution in [2.45, 2.75) is 44.1 Å². The minimum absolute atomic E-state index is 0.0113. The molecule has 0 saturated carbocycles. The van der Waals surface area contributed by atoms with Gasteiger partial charge in [0.1, 0.15) is 0 Å². The van der Waals surface area contributed by atoms with E-state index in [-0.39, 0.29) is 11.5 Å². The highest BCUT2D eigenvalue weighted by molar-refractivity contribution is 7.86. The third kappa shape index (κ3) is 4.76. The van der Waals surface area contributed by atoms with Crippen molar-refractivity contribution in [1.29, 1.82) is 0 Å². The summed E-state index contributed by atoms with van der Waals surface area (Å²) in [5, 5.41) is 9.48. The molecule has 0 bridgehead atoms. The van der Waals surface area contributed by atoms with Crippen LogP contribution in [0.25, 0.3) is 0 Å². The van der Waals surface area contributed by atoms with Gasteiger partial charge in [-0.05, 0) is 31.9 Å². The minimum atomic E-state index is -3.70. The highest BCUT2D eigenvalue weighted by Crippen LogP contribution is 2.14. The fourth-order valence-electron chi connectivity index (χ4n) is 1.54. The van der Waals surface area contributed by atoms with Crippen molar-refractivity contribution in [2.75, 3.05) is 6.61 Å². The summed E-state index contributed by atoms with van der Waals surface area (Å²) in [6.07, 6.45) is 1.36. The zero-order chi connectivity index (χ0) is 13.6. The Hall–Kier alpha value is -0.910. The smallest absolute Gasteiger partial charge is 0.296 e. The molecule has 0 aromatic heterocycles. The molecule has 0 amide bonds. The van der Waals surface area contributed by atoms with Gasteiger partial charge >= 0.3 is 0 Å². The SMILES string of the molecule is CCC[C@@H](O)CCOS(=O)(=O)c1ccc(C)cc1. The average Bonchev–Trinajstić information content (AvgIpc) is 2.29. The summed E-state index contributed by atoms with van der Waals surface area (Å²) in [5.41, 5.74) is 0.993. The number of aliphatic hydroxyl groups is 1. The van der Waals surface area contributed by atoms with E-state index in [4.69, 9.17) is 4.18 Å². The zero-order valence-corrected chi connectivity index (χ0v) is 11.6. The van der Waals surface area contributed by atoms with Crippen molar-refractivity contribution >= 4 is 10.1 Å². The van der Waals surface area contributed by atoms with Gasteiger partial charge < -0.3 is 5.11 Å². The number of hydrogen-bond acceptors (Lipinski definition) is 4. The monoisotopic (exact) mass is 272 g/mol. The second-order valence-electron chi connectivity index (χ2n) is 4.32. The molecule has 0 heterocycles. The molecular weight excluding hydrogens is 252 g/mol. The number of hydrogen-bond donors (Lipinski definition) is 1. The van der Waals surface area contributed by atoms with Gasteiger partial charge in [0.15, 0.2) is 0 Å². The fraction of sp³-hybridized carbons (Fsp3) is 0.538. The van der Waals surface area contributed by atoms with Gasteiger partial charge in [0.25, 0.3) is 10.1 Å². The van der Waals surface area contributed by atoms with Crippen LogP contribution in [0, 0.1) is 6.92 Å². The van der Waals surface area contributed by atoms with E-state index in [1.807, 2.05) is 13.8 Å². The van der Waals surface area contributed by atoms with E-state index in [2.05, 4.69) is 0 Å². The summed E-state index contributed by atoms with van der Waals surface area (Å²) in [5.74, 6) is 0. The van der Waals surface area contributed by atoms with Crippen molar-refractivity contribution in [3.63, 3.8) is 0 Å². The van der Waals surface area contributed by atoms with E-state index in [0.717, 1.165) is 12.0 Å². The van der Waals surface area contributed by atoms with Gasteiger partial charge in [-0.2, -0.15) is 8.42 Å². The highest BCUT2D eigenvalue weighted by atomic mass is 32.2. The molecule has 1 rings (SSSR count). The quantitative estimate of drug-likeness (QED) is 0.773. The summed E-state index contributed by atoms with van der Waals surface area (Å²) >= 11 is 0. The van der Waals surface area contributed by atoms with E-state index in [1.165, 1.54) is 12.1 Å². The Morgan fingerprint density at radius 1 is 1.22 bits per heavy atom. The third-order valence-electron chi connectivity index (χ3n) is 2.62. The first-order chi connectivity index (χ1) is 8.45. The maximum absolute atomic E-state index is 11.8. The van der Waals surface area contributed by atoms with E-state index < -0.39 is 16.2 Å². The summed E-state index contributed by atoms with van der Waals surface area (Å²) in [4.78, 5) is 0.151. The molecule has 0 unspecified atom stereocenters. The molecule has 0 saturated heterocycles. The number of rotatable bonds is 7. The molecule has 1 aromatic rings. The molecule has 1 aromatic carbocycles. The van der Waals surface area contributed by atoms with Crippen LogP contribution in [0.1, 0.15) is 31.7 Å². The van der Waals surface area contributed by atoms with Crippen molar-refractivity contribution in [3.8, 4) is 0 Å². The van der Waals surface area contributed by atoms with Crippen LogP contribution in [0.2, 0.25) is 0 Å². The van der Waals surface area contributed by atoms with Crippen LogP contribution in [0.5, 0.6) is 0 Å². The minimum Gasteiger partial charge on any atom is -0.393 e. The number of benzene rings is 1. The Kier molecular flexibility index (Phi) is 5.78. The molecule has 1 atom stereocenters. The molecule has 0 aliphatic rings. The first-order valence-electron chi connectivity index (χ1n) is 6.10. The largest absolute Gasteiger partial charge is 0.393 e. The Morgan fingerprint density at radius 2 is 1.83 bits per heavy atom. The fourth-order valence-corrected chi connectivity index (χ4v) is 2.47. The maximum atomic E-state index is 11.8. The predicted molar refractivity (Wildman–Crippen MR) is 69.8 cm³/mol. The lowest BCUT2D eigenvalue weighted by Gasteiger charge is -2.09. The highest BCUT2D eigenvalue weighted by Gasteiger charge is 2.15. The van der Waals surface area contributed by atoms with Crippen molar-refractivity contribution in [2.24, 2.45) is 0 Å². The van der Waals surface area contributed by atoms with Crippen LogP contribution in [-0.2, 0) is 14.3 Å². The van der Waals surface area contributed by atoms with Gasteiger partial charge in [-0.1, -0.05) is 31.0 Å². The van der Waals surface area contributed by atoms with Gasteiger partial charge in [-0.25, -0.2) is 0 Å². The lowest BCUT2D eigenvalue weighted by molar-refractivity contribution is 0.132. The first kappa shape index (κ1) is 15.1. The van der Waals surface area contributed by atoms with E-state index >= 15 is 0 Å². The zero-order valence-electron chi connectivity index (χ0n) is 10.8. The molecule has 102 valence electrons. The van der Waals surface area contributed by atoms with Gasteiger partial charge in [0, 0.05) is 0 Å². The molecule has 0 spiro atoms. The molecule has 18 heavy (non-hydrogen) atoms. The first-order valence-corrected chi connectivity index (χ1v) is 7.50. The molecule has 0 radical (unpaired) electrons. The summed E-state index contributed by atoms with van der Waals surface area (Å²) in [6.45, 7) is 3.86. The second kappa shape index (κ2) is 6.87. The van der Waals surface area contributed by atoms with Crippen molar-refractivity contribution in [1.82, 2.24) is 0 Å². The topological polar surface area (TPSA) is 63.6 Å². The molecule has 4 nitrogen and oxygen atoms in total. The molecule has 0 fully saturated rings. The van der Waals surface area contributed by atoms with E-state index in [0.29, 0.717) is 12.8 Å². The lowest BCUT2D eigenvalue weighted by atomic mass is 10.2. The third-order valence-corrected chi connectivity index (χ3v) is 3.95. The van der Waals surface area contributed by atoms with Gasteiger partial charge in [-0.15, -0.1) is 0 Å². The average molecular weight is 272 g/mol. The van der Waals surface area contributed by atoms with Crippen LogP contribution in [-0.4, -0.2) is 26.2 Å². The molecule has 0 aliphatic carbocycles. The normalized spacial score (nSPS) is 13.5. The lowest BCUT2D eigenvalue weighted by Crippen LogP contribution is -2.13. The summed E-state index contributed by atoms with van der Waals surface area (Å²) in [7, 11) is -3.70. The van der Waals surface area contributed by atoms with Crippen molar-refractivity contribution < 1.29 is 17.7 Å². The standard InChI is InChI=1S/C13H20O4S/c1-3-4-12(14)9-10-17-18(15,16)13-7-5-11(2)6-8-13/h5-8,12,14H,3-4,9-10H2,1-2H3/t12-/m1/s1. The number of aliphatic hydroxyl groups excluding tert-OH is 1. The van der Waals surface area contributed by atoms with Gasteiger partial charge in [0.05, 0.1) is 17.6 Å². The van der Waals surface area contributed by atoms with Crippen LogP contribution in [0.3, 0.4) is 0 Å². The van der Waals surface area contributed by atoms with Crippen LogP contribution >= 0.6 is 0 Å². The maximum Gasteiger partial charge on any atom is 0.296 e. The van der Waals surface area contributed by atoms with Gasteiger partial charge in [-0.3, -0.25) is 4.18 Å². The summed E-state index contributed by atoms with van der Waals surface area (Å²) < 4.78 is 28.4. The Balaban J connectivity index is 2.52. The van der Waals surface area contributed by atoms with Crippen LogP contribution in [0.4, 0.5) is 0 Å². The molecule has 1 N–H and O–H groups in total. The molecule has 5 heteroatoms. The number of aryl methyl sites for hydroxylation is 1. The van der Waals surface area contributed by atoms with Gasteiger partial charge in [0.2, 0.25) is 0 Å². The summed E-state index contributed by atoms with van der Waals surface area (Å²) in [6, 6.07) is 6.49. The predicted octanol–water partition coefficient (Wildman–Crippen LogP) is 2.25. The second-order valence-corrected chi connectivity index (χ2v) is 5.94. The molecular formula is C13H20O4S.